The number of hydrogen-bond acceptors (Lipinski definition) is 2. The number of halogens is 2. The Labute approximate surface area is 93.6 Å². The Hall–Kier alpha value is -1.42. The van der Waals surface area contributed by atoms with Gasteiger partial charge in [0.15, 0.2) is 0 Å². The van der Waals surface area contributed by atoms with E-state index in [1.807, 2.05) is 4.90 Å². The van der Waals surface area contributed by atoms with Crippen LogP contribution >= 0.6 is 0 Å². The van der Waals surface area contributed by atoms with E-state index >= 15 is 0 Å². The second-order valence-corrected chi connectivity index (χ2v) is 3.83. The standard InChI is InChI=1S/C12H14F2N2/c1-2-11-8-15-3-4-16(11)12-6-9(13)5-10(14)7-12/h2,5-7,11,15H,1,3-4,8H2/t11-/m1/s1. The van der Waals surface area contributed by atoms with Crippen LogP contribution in [-0.4, -0.2) is 25.7 Å². The molecule has 0 amide bonds. The molecular formula is C12H14F2N2. The van der Waals surface area contributed by atoms with E-state index in [0.717, 1.165) is 25.7 Å². The molecular weight excluding hydrogens is 210 g/mol. The molecule has 1 aliphatic rings. The lowest BCUT2D eigenvalue weighted by molar-refractivity contribution is 0.524. The summed E-state index contributed by atoms with van der Waals surface area (Å²) in [6.07, 6.45) is 1.79. The third-order valence-electron chi connectivity index (χ3n) is 2.73. The molecule has 1 aromatic carbocycles. The van der Waals surface area contributed by atoms with Gasteiger partial charge in [-0.15, -0.1) is 6.58 Å². The Bertz CT molecular complexity index is 372. The van der Waals surface area contributed by atoms with Crippen LogP contribution in [0.4, 0.5) is 14.5 Å². The van der Waals surface area contributed by atoms with Crippen LogP contribution in [0, 0.1) is 11.6 Å². The zero-order valence-electron chi connectivity index (χ0n) is 8.92. The molecule has 1 saturated heterocycles. The predicted octanol–water partition coefficient (Wildman–Crippen LogP) is 1.93. The van der Waals surface area contributed by atoms with E-state index in [9.17, 15) is 8.78 Å². The first-order valence-electron chi connectivity index (χ1n) is 5.26. The first-order valence-corrected chi connectivity index (χ1v) is 5.26. The molecule has 0 saturated carbocycles. The summed E-state index contributed by atoms with van der Waals surface area (Å²) in [5.41, 5.74) is 0.573. The summed E-state index contributed by atoms with van der Waals surface area (Å²) in [5, 5.41) is 3.21. The van der Waals surface area contributed by atoms with Crippen molar-refractivity contribution in [1.82, 2.24) is 5.32 Å². The van der Waals surface area contributed by atoms with Gasteiger partial charge in [0.25, 0.3) is 0 Å². The summed E-state index contributed by atoms with van der Waals surface area (Å²) in [6, 6.07) is 3.67. The lowest BCUT2D eigenvalue weighted by Gasteiger charge is -2.36. The Balaban J connectivity index is 2.30. The average Bonchev–Trinajstić information content (AvgIpc) is 2.27. The minimum Gasteiger partial charge on any atom is -0.362 e. The maximum atomic E-state index is 13.1. The molecule has 2 rings (SSSR count). The molecule has 1 fully saturated rings. The quantitative estimate of drug-likeness (QED) is 0.772. The molecule has 0 bridgehead atoms. The monoisotopic (exact) mass is 224 g/mol. The molecule has 1 aromatic rings. The van der Waals surface area contributed by atoms with Gasteiger partial charge in [0.1, 0.15) is 11.6 Å². The maximum Gasteiger partial charge on any atom is 0.128 e. The second-order valence-electron chi connectivity index (χ2n) is 3.83. The molecule has 1 atom stereocenters. The molecule has 0 spiro atoms. The topological polar surface area (TPSA) is 15.3 Å². The SMILES string of the molecule is C=C[C@@H]1CNCCN1c1cc(F)cc(F)c1. The first-order chi connectivity index (χ1) is 7.70. The fraction of sp³-hybridized carbons (Fsp3) is 0.333. The van der Waals surface area contributed by atoms with E-state index in [1.165, 1.54) is 12.1 Å². The smallest absolute Gasteiger partial charge is 0.128 e. The summed E-state index contributed by atoms with van der Waals surface area (Å²) < 4.78 is 26.2. The second kappa shape index (κ2) is 4.61. The predicted molar refractivity (Wildman–Crippen MR) is 60.6 cm³/mol. The minimum atomic E-state index is -0.545. The largest absolute Gasteiger partial charge is 0.362 e. The van der Waals surface area contributed by atoms with Gasteiger partial charge in [0, 0.05) is 31.4 Å². The van der Waals surface area contributed by atoms with Crippen LogP contribution in [0.5, 0.6) is 0 Å². The van der Waals surface area contributed by atoms with E-state index in [-0.39, 0.29) is 6.04 Å². The van der Waals surface area contributed by atoms with Crippen molar-refractivity contribution in [3.05, 3.63) is 42.5 Å². The van der Waals surface area contributed by atoms with Gasteiger partial charge in [0.2, 0.25) is 0 Å². The highest BCUT2D eigenvalue weighted by Gasteiger charge is 2.20. The van der Waals surface area contributed by atoms with Crippen LogP contribution in [0.3, 0.4) is 0 Å². The highest BCUT2D eigenvalue weighted by Crippen LogP contribution is 2.21. The van der Waals surface area contributed by atoms with Crippen molar-refractivity contribution in [2.45, 2.75) is 6.04 Å². The first kappa shape index (κ1) is 11.1. The highest BCUT2D eigenvalue weighted by molar-refractivity contribution is 5.49. The number of hydrogen-bond donors (Lipinski definition) is 1. The lowest BCUT2D eigenvalue weighted by Crippen LogP contribution is -2.50. The van der Waals surface area contributed by atoms with E-state index in [2.05, 4.69) is 11.9 Å². The number of nitrogens with one attached hydrogen (secondary N) is 1. The third-order valence-corrected chi connectivity index (χ3v) is 2.73. The maximum absolute atomic E-state index is 13.1. The molecule has 0 aliphatic carbocycles. The van der Waals surface area contributed by atoms with E-state index in [4.69, 9.17) is 0 Å². The van der Waals surface area contributed by atoms with E-state index in [1.54, 1.807) is 6.08 Å². The third kappa shape index (κ3) is 2.22. The van der Waals surface area contributed by atoms with Crippen molar-refractivity contribution in [2.24, 2.45) is 0 Å². The van der Waals surface area contributed by atoms with Crippen LogP contribution in [0.1, 0.15) is 0 Å². The molecule has 0 unspecified atom stereocenters. The summed E-state index contributed by atoms with van der Waals surface area (Å²) in [4.78, 5) is 1.95. The lowest BCUT2D eigenvalue weighted by atomic mass is 10.1. The van der Waals surface area contributed by atoms with Gasteiger partial charge in [-0.3, -0.25) is 0 Å². The molecule has 16 heavy (non-hydrogen) atoms. The number of piperazine rings is 1. The van der Waals surface area contributed by atoms with Gasteiger partial charge in [-0.25, -0.2) is 8.78 Å². The van der Waals surface area contributed by atoms with Gasteiger partial charge < -0.3 is 10.2 Å². The molecule has 2 nitrogen and oxygen atoms in total. The number of nitrogens with zero attached hydrogens (tertiary/aromatic N) is 1. The summed E-state index contributed by atoms with van der Waals surface area (Å²) in [7, 11) is 0. The van der Waals surface area contributed by atoms with Gasteiger partial charge >= 0.3 is 0 Å². The van der Waals surface area contributed by atoms with Gasteiger partial charge in [0.05, 0.1) is 6.04 Å². The van der Waals surface area contributed by atoms with Crippen molar-refractivity contribution in [3.8, 4) is 0 Å². The highest BCUT2D eigenvalue weighted by atomic mass is 19.1. The van der Waals surface area contributed by atoms with Crippen LogP contribution in [0.2, 0.25) is 0 Å². The normalized spacial score (nSPS) is 20.9. The Morgan fingerprint density at radius 3 is 2.62 bits per heavy atom. The van der Waals surface area contributed by atoms with Crippen molar-refractivity contribution in [2.75, 3.05) is 24.5 Å². The molecule has 86 valence electrons. The van der Waals surface area contributed by atoms with Crippen LogP contribution < -0.4 is 10.2 Å². The van der Waals surface area contributed by atoms with E-state index in [0.29, 0.717) is 5.69 Å². The fourth-order valence-electron chi connectivity index (χ4n) is 1.96. The Morgan fingerprint density at radius 2 is 2.00 bits per heavy atom. The van der Waals surface area contributed by atoms with Gasteiger partial charge in [-0.2, -0.15) is 0 Å². The molecule has 0 aromatic heterocycles. The van der Waals surface area contributed by atoms with Crippen molar-refractivity contribution < 1.29 is 8.78 Å². The van der Waals surface area contributed by atoms with Crippen LogP contribution in [-0.2, 0) is 0 Å². The Morgan fingerprint density at radius 1 is 1.31 bits per heavy atom. The fourth-order valence-corrected chi connectivity index (χ4v) is 1.96. The van der Waals surface area contributed by atoms with E-state index < -0.39 is 11.6 Å². The Kier molecular flexibility index (Phi) is 3.19. The summed E-state index contributed by atoms with van der Waals surface area (Å²) in [6.45, 7) is 6.02. The van der Waals surface area contributed by atoms with Gasteiger partial charge in [-0.1, -0.05) is 6.08 Å². The zero-order chi connectivity index (χ0) is 11.5. The summed E-state index contributed by atoms with van der Waals surface area (Å²) in [5.74, 6) is -1.09. The van der Waals surface area contributed by atoms with Crippen molar-refractivity contribution >= 4 is 5.69 Å². The number of anilines is 1. The van der Waals surface area contributed by atoms with Crippen molar-refractivity contribution in [1.29, 1.82) is 0 Å². The minimum absolute atomic E-state index is 0.0787. The number of rotatable bonds is 2. The van der Waals surface area contributed by atoms with Crippen LogP contribution in [0.25, 0.3) is 0 Å². The molecule has 1 heterocycles. The molecule has 4 heteroatoms. The van der Waals surface area contributed by atoms with Crippen LogP contribution in [0.15, 0.2) is 30.9 Å². The van der Waals surface area contributed by atoms with Gasteiger partial charge in [-0.05, 0) is 12.1 Å². The zero-order valence-corrected chi connectivity index (χ0v) is 8.92. The van der Waals surface area contributed by atoms with Crippen molar-refractivity contribution in [3.63, 3.8) is 0 Å². The molecule has 0 radical (unpaired) electrons. The molecule has 1 aliphatic heterocycles. The average molecular weight is 224 g/mol. The summed E-state index contributed by atoms with van der Waals surface area (Å²) >= 11 is 0. The number of benzene rings is 1. The molecule has 1 N–H and O–H groups in total.